The summed E-state index contributed by atoms with van der Waals surface area (Å²) in [6, 6.07) is 1.64. The molecule has 1 saturated heterocycles. The van der Waals surface area contributed by atoms with E-state index in [-0.39, 0.29) is 4.90 Å². The van der Waals surface area contributed by atoms with Gasteiger partial charge in [-0.1, -0.05) is 0 Å². The molecule has 0 aromatic carbocycles. The summed E-state index contributed by atoms with van der Waals surface area (Å²) in [6.45, 7) is 3.05. The van der Waals surface area contributed by atoms with E-state index in [0.29, 0.717) is 31.7 Å². The second-order valence-corrected chi connectivity index (χ2v) is 6.55. The Bertz CT molecular complexity index is 539. The molecule has 0 unspecified atom stereocenters. The maximum Gasteiger partial charge on any atom is 0.244 e. The summed E-state index contributed by atoms with van der Waals surface area (Å²) in [7, 11) is -1.91. The quantitative estimate of drug-likeness (QED) is 0.861. The minimum atomic E-state index is -3.59. The monoisotopic (exact) mass is 285 g/mol. The van der Waals surface area contributed by atoms with Gasteiger partial charge in [0.25, 0.3) is 0 Å². The van der Waals surface area contributed by atoms with Gasteiger partial charge in [0.05, 0.1) is 5.69 Å². The van der Waals surface area contributed by atoms with Crippen LogP contribution in [-0.2, 0) is 14.8 Å². The van der Waals surface area contributed by atoms with Crippen molar-refractivity contribution in [2.45, 2.75) is 30.2 Å². The first-order chi connectivity index (χ1) is 8.97. The molecular formula is C12H19N3O3S. The summed E-state index contributed by atoms with van der Waals surface area (Å²) in [4.78, 5) is 4.06. The van der Waals surface area contributed by atoms with Gasteiger partial charge in [0.1, 0.15) is 4.90 Å². The zero-order valence-corrected chi connectivity index (χ0v) is 12.0. The minimum Gasteiger partial charge on any atom is -0.387 e. The van der Waals surface area contributed by atoms with Crippen LogP contribution in [0.5, 0.6) is 0 Å². The molecule has 0 radical (unpaired) electrons. The molecule has 0 saturated carbocycles. The molecule has 1 aliphatic heterocycles. The van der Waals surface area contributed by atoms with Gasteiger partial charge in [-0.3, -0.25) is 4.98 Å². The first kappa shape index (κ1) is 14.2. The van der Waals surface area contributed by atoms with E-state index in [2.05, 4.69) is 15.0 Å². The standard InChI is InChI=1S/C12H19N3O3S/c1-12(4-7-18-8-5-12)15-19(16,17)11-9-14-6-3-10(11)13-2/h3,6,9,15H,4-5,7-8H2,1-2H3,(H,13,14). The lowest BCUT2D eigenvalue weighted by Crippen LogP contribution is -2.49. The molecular weight excluding hydrogens is 266 g/mol. The van der Waals surface area contributed by atoms with Crippen LogP contribution in [0.3, 0.4) is 0 Å². The molecule has 1 fully saturated rings. The molecule has 1 aromatic rings. The van der Waals surface area contributed by atoms with Crippen molar-refractivity contribution in [1.82, 2.24) is 9.71 Å². The molecule has 1 aromatic heterocycles. The van der Waals surface area contributed by atoms with Crippen molar-refractivity contribution in [3.05, 3.63) is 18.5 Å². The third kappa shape index (κ3) is 3.23. The van der Waals surface area contributed by atoms with Crippen LogP contribution in [-0.4, -0.2) is 39.2 Å². The number of rotatable bonds is 4. The predicted molar refractivity (Wildman–Crippen MR) is 72.6 cm³/mol. The van der Waals surface area contributed by atoms with Crippen LogP contribution in [0.2, 0.25) is 0 Å². The summed E-state index contributed by atoms with van der Waals surface area (Å²) < 4.78 is 33.0. The first-order valence-electron chi connectivity index (χ1n) is 6.20. The lowest BCUT2D eigenvalue weighted by atomic mass is 9.94. The summed E-state index contributed by atoms with van der Waals surface area (Å²) in [5.41, 5.74) is 0.0796. The van der Waals surface area contributed by atoms with E-state index in [1.54, 1.807) is 19.3 Å². The maximum atomic E-state index is 12.5. The van der Waals surface area contributed by atoms with Gasteiger partial charge in [-0.2, -0.15) is 0 Å². The van der Waals surface area contributed by atoms with E-state index < -0.39 is 15.6 Å². The highest BCUT2D eigenvalue weighted by atomic mass is 32.2. The van der Waals surface area contributed by atoms with Crippen molar-refractivity contribution < 1.29 is 13.2 Å². The van der Waals surface area contributed by atoms with E-state index in [1.165, 1.54) is 6.20 Å². The fraction of sp³-hybridized carbons (Fsp3) is 0.583. The Labute approximate surface area is 113 Å². The topological polar surface area (TPSA) is 80.3 Å². The second-order valence-electron chi connectivity index (χ2n) is 4.90. The van der Waals surface area contributed by atoms with Crippen LogP contribution in [0.15, 0.2) is 23.4 Å². The lowest BCUT2D eigenvalue weighted by Gasteiger charge is -2.34. The van der Waals surface area contributed by atoms with Gasteiger partial charge in [-0.25, -0.2) is 13.1 Å². The Hall–Kier alpha value is -1.18. The highest BCUT2D eigenvalue weighted by Gasteiger charge is 2.33. The molecule has 0 amide bonds. The largest absolute Gasteiger partial charge is 0.387 e. The van der Waals surface area contributed by atoms with Crippen LogP contribution in [0.4, 0.5) is 5.69 Å². The zero-order chi connectivity index (χ0) is 13.9. The molecule has 0 atom stereocenters. The first-order valence-corrected chi connectivity index (χ1v) is 7.69. The number of pyridine rings is 1. The Morgan fingerprint density at radius 1 is 1.37 bits per heavy atom. The van der Waals surface area contributed by atoms with Gasteiger partial charge in [-0.15, -0.1) is 0 Å². The van der Waals surface area contributed by atoms with Crippen LogP contribution in [0, 0.1) is 0 Å². The SMILES string of the molecule is CNc1ccncc1S(=O)(=O)NC1(C)CCOCC1. The van der Waals surface area contributed by atoms with Crippen molar-refractivity contribution in [2.75, 3.05) is 25.6 Å². The molecule has 6 nitrogen and oxygen atoms in total. The van der Waals surface area contributed by atoms with E-state index >= 15 is 0 Å². The number of ether oxygens (including phenoxy) is 1. The normalized spacial score (nSPS) is 19.1. The Balaban J connectivity index is 2.27. The molecule has 2 heterocycles. The molecule has 2 N–H and O–H groups in total. The van der Waals surface area contributed by atoms with Gasteiger partial charge in [0.15, 0.2) is 0 Å². The highest BCUT2D eigenvalue weighted by molar-refractivity contribution is 7.89. The third-order valence-corrected chi connectivity index (χ3v) is 4.99. The van der Waals surface area contributed by atoms with E-state index in [4.69, 9.17) is 4.74 Å². The number of nitrogens with zero attached hydrogens (tertiary/aromatic N) is 1. The smallest absolute Gasteiger partial charge is 0.244 e. The average molecular weight is 285 g/mol. The van der Waals surface area contributed by atoms with Crippen LogP contribution in [0.1, 0.15) is 19.8 Å². The number of hydrogen-bond acceptors (Lipinski definition) is 5. The number of anilines is 1. The number of sulfonamides is 1. The molecule has 19 heavy (non-hydrogen) atoms. The predicted octanol–water partition coefficient (Wildman–Crippen LogP) is 0.971. The van der Waals surface area contributed by atoms with Gasteiger partial charge in [0, 0.05) is 38.2 Å². The van der Waals surface area contributed by atoms with Crippen LogP contribution in [0.25, 0.3) is 0 Å². The number of aromatic nitrogens is 1. The molecule has 2 rings (SSSR count). The van der Waals surface area contributed by atoms with Gasteiger partial charge >= 0.3 is 0 Å². The fourth-order valence-corrected chi connectivity index (χ4v) is 3.73. The minimum absolute atomic E-state index is 0.171. The van der Waals surface area contributed by atoms with Crippen molar-refractivity contribution in [2.24, 2.45) is 0 Å². The average Bonchev–Trinajstić information content (AvgIpc) is 2.38. The van der Waals surface area contributed by atoms with Crippen molar-refractivity contribution in [1.29, 1.82) is 0 Å². The third-order valence-electron chi connectivity index (χ3n) is 3.32. The van der Waals surface area contributed by atoms with Gasteiger partial charge < -0.3 is 10.1 Å². The summed E-state index contributed by atoms with van der Waals surface area (Å²) in [5, 5.41) is 2.87. The molecule has 1 aliphatic rings. The molecule has 7 heteroatoms. The molecule has 0 bridgehead atoms. The van der Waals surface area contributed by atoms with Crippen LogP contribution < -0.4 is 10.0 Å². The van der Waals surface area contributed by atoms with E-state index in [9.17, 15) is 8.42 Å². The fourth-order valence-electron chi connectivity index (χ4n) is 2.10. The summed E-state index contributed by atoms with van der Waals surface area (Å²) in [6.07, 6.45) is 4.25. The Morgan fingerprint density at radius 3 is 2.68 bits per heavy atom. The van der Waals surface area contributed by atoms with E-state index in [1.807, 2.05) is 6.92 Å². The van der Waals surface area contributed by atoms with Crippen molar-refractivity contribution >= 4 is 15.7 Å². The Morgan fingerprint density at radius 2 is 2.05 bits per heavy atom. The van der Waals surface area contributed by atoms with Gasteiger partial charge in [-0.05, 0) is 25.8 Å². The highest BCUT2D eigenvalue weighted by Crippen LogP contribution is 2.25. The van der Waals surface area contributed by atoms with Crippen LogP contribution >= 0.6 is 0 Å². The second kappa shape index (κ2) is 5.44. The molecule has 0 aliphatic carbocycles. The lowest BCUT2D eigenvalue weighted by molar-refractivity contribution is 0.0537. The number of hydrogen-bond donors (Lipinski definition) is 2. The Kier molecular flexibility index (Phi) is 4.07. The maximum absolute atomic E-state index is 12.5. The summed E-state index contributed by atoms with van der Waals surface area (Å²) >= 11 is 0. The van der Waals surface area contributed by atoms with Crippen molar-refractivity contribution in [3.63, 3.8) is 0 Å². The van der Waals surface area contributed by atoms with Gasteiger partial charge in [0.2, 0.25) is 10.0 Å². The number of nitrogens with one attached hydrogen (secondary N) is 2. The molecule has 0 spiro atoms. The van der Waals surface area contributed by atoms with Crippen molar-refractivity contribution in [3.8, 4) is 0 Å². The molecule has 106 valence electrons. The summed E-state index contributed by atoms with van der Waals surface area (Å²) in [5.74, 6) is 0. The van der Waals surface area contributed by atoms with E-state index in [0.717, 1.165) is 0 Å². The zero-order valence-electron chi connectivity index (χ0n) is 11.1.